The molecule has 4 aromatic rings. The fraction of sp³-hybridized carbons (Fsp3) is 0.308. The molecule has 11 heteroatoms. The molecule has 1 amide bonds. The van der Waals surface area contributed by atoms with E-state index in [0.29, 0.717) is 28.5 Å². The van der Waals surface area contributed by atoms with Crippen molar-refractivity contribution in [3.63, 3.8) is 0 Å². The number of aryl methyl sites for hydroxylation is 3. The Labute approximate surface area is 216 Å². The fourth-order valence-corrected chi connectivity index (χ4v) is 5.19. The molecule has 6 rings (SSSR count). The van der Waals surface area contributed by atoms with Gasteiger partial charge in [0.15, 0.2) is 5.82 Å². The number of hydrogen-bond donors (Lipinski definition) is 3. The molecule has 3 aromatic heterocycles. The summed E-state index contributed by atoms with van der Waals surface area (Å²) in [6.07, 6.45) is 5.24. The van der Waals surface area contributed by atoms with E-state index >= 15 is 0 Å². The normalized spacial score (nSPS) is 14.6. The first-order chi connectivity index (χ1) is 17.9. The van der Waals surface area contributed by atoms with E-state index < -0.39 is 0 Å². The number of nitrogens with one attached hydrogen (secondary N) is 3. The van der Waals surface area contributed by atoms with Crippen molar-refractivity contribution in [3.8, 4) is 11.3 Å². The van der Waals surface area contributed by atoms with Crippen LogP contribution in [0.2, 0.25) is 0 Å². The van der Waals surface area contributed by atoms with Gasteiger partial charge in [-0.25, -0.2) is 4.68 Å². The SMILES string of the molecule is Cn1nc(-c2ccc(P)c(NC(=O)c3cc4n(c3)CCCC4)c2)cc(Nc2cc3n(n2)CCNC3)c1=O. The number of carbonyl (C=O) groups excluding carboxylic acids is 1. The van der Waals surface area contributed by atoms with E-state index in [2.05, 4.69) is 40.0 Å². The van der Waals surface area contributed by atoms with E-state index in [1.807, 2.05) is 41.2 Å². The van der Waals surface area contributed by atoms with Crippen molar-refractivity contribution >= 4 is 37.6 Å². The van der Waals surface area contributed by atoms with Crippen molar-refractivity contribution < 1.29 is 4.79 Å². The summed E-state index contributed by atoms with van der Waals surface area (Å²) >= 11 is 0. The minimum Gasteiger partial charge on any atom is -0.351 e. The fourth-order valence-electron chi connectivity index (χ4n) is 4.94. The predicted molar refractivity (Wildman–Crippen MR) is 147 cm³/mol. The smallest absolute Gasteiger partial charge is 0.290 e. The van der Waals surface area contributed by atoms with Crippen LogP contribution in [0.5, 0.6) is 0 Å². The summed E-state index contributed by atoms with van der Waals surface area (Å²) in [5.41, 5.74) is 5.14. The minimum atomic E-state index is -0.248. The van der Waals surface area contributed by atoms with Gasteiger partial charge in [0.1, 0.15) is 5.69 Å². The van der Waals surface area contributed by atoms with Gasteiger partial charge in [0.25, 0.3) is 11.5 Å². The molecule has 2 aliphatic heterocycles. The highest BCUT2D eigenvalue weighted by atomic mass is 31.0. The first-order valence-electron chi connectivity index (χ1n) is 12.5. The molecule has 0 radical (unpaired) electrons. The van der Waals surface area contributed by atoms with Crippen LogP contribution in [-0.2, 0) is 33.1 Å². The van der Waals surface area contributed by atoms with Gasteiger partial charge in [0, 0.05) is 55.9 Å². The van der Waals surface area contributed by atoms with E-state index in [1.54, 1.807) is 13.1 Å². The molecule has 0 fully saturated rings. The van der Waals surface area contributed by atoms with Gasteiger partial charge in [-0.05, 0) is 42.8 Å². The number of aromatic nitrogens is 5. The molecule has 10 nitrogen and oxygen atoms in total. The van der Waals surface area contributed by atoms with Crippen molar-refractivity contribution in [1.82, 2.24) is 29.4 Å². The summed E-state index contributed by atoms with van der Waals surface area (Å²) in [4.78, 5) is 25.9. The number of rotatable bonds is 5. The molecule has 190 valence electrons. The number of amides is 1. The molecule has 3 N–H and O–H groups in total. The zero-order chi connectivity index (χ0) is 25.5. The Morgan fingerprint density at radius 1 is 1.05 bits per heavy atom. The van der Waals surface area contributed by atoms with Gasteiger partial charge in [-0.3, -0.25) is 14.3 Å². The van der Waals surface area contributed by atoms with Crippen LogP contribution in [0, 0.1) is 0 Å². The Morgan fingerprint density at radius 3 is 2.78 bits per heavy atom. The van der Waals surface area contributed by atoms with Crippen LogP contribution in [0.4, 0.5) is 17.2 Å². The summed E-state index contributed by atoms with van der Waals surface area (Å²) in [5.74, 6) is 0.480. The van der Waals surface area contributed by atoms with E-state index in [0.717, 1.165) is 62.0 Å². The molecule has 37 heavy (non-hydrogen) atoms. The van der Waals surface area contributed by atoms with Gasteiger partial charge in [-0.2, -0.15) is 10.2 Å². The third-order valence-corrected chi connectivity index (χ3v) is 7.43. The highest BCUT2D eigenvalue weighted by Crippen LogP contribution is 2.25. The molecular formula is C26H29N8O2P. The maximum atomic E-state index is 13.1. The summed E-state index contributed by atoms with van der Waals surface area (Å²) in [6.45, 7) is 3.36. The van der Waals surface area contributed by atoms with Crippen molar-refractivity contribution in [3.05, 3.63) is 69.9 Å². The van der Waals surface area contributed by atoms with Gasteiger partial charge in [0.2, 0.25) is 0 Å². The average Bonchev–Trinajstić information content (AvgIpc) is 3.51. The summed E-state index contributed by atoms with van der Waals surface area (Å²) < 4.78 is 5.43. The van der Waals surface area contributed by atoms with Crippen LogP contribution in [-0.4, -0.2) is 36.6 Å². The van der Waals surface area contributed by atoms with Crippen LogP contribution >= 0.6 is 9.24 Å². The lowest BCUT2D eigenvalue weighted by atomic mass is 10.1. The number of hydrogen-bond acceptors (Lipinski definition) is 6. The number of anilines is 3. The Kier molecular flexibility index (Phi) is 6.14. The molecule has 1 atom stereocenters. The Hall–Kier alpha value is -3.75. The first-order valence-corrected chi connectivity index (χ1v) is 13.1. The van der Waals surface area contributed by atoms with Gasteiger partial charge in [-0.15, -0.1) is 9.24 Å². The van der Waals surface area contributed by atoms with Crippen LogP contribution in [0.1, 0.15) is 34.6 Å². The van der Waals surface area contributed by atoms with E-state index in [1.165, 1.54) is 10.4 Å². The summed E-state index contributed by atoms with van der Waals surface area (Å²) in [7, 11) is 4.29. The van der Waals surface area contributed by atoms with Crippen molar-refractivity contribution in [1.29, 1.82) is 0 Å². The molecular weight excluding hydrogens is 487 g/mol. The summed E-state index contributed by atoms with van der Waals surface area (Å²) in [5, 5.41) is 19.4. The zero-order valence-corrected chi connectivity index (χ0v) is 21.8. The molecule has 0 aliphatic carbocycles. The van der Waals surface area contributed by atoms with Crippen molar-refractivity contribution in [2.24, 2.45) is 7.05 Å². The lowest BCUT2D eigenvalue weighted by molar-refractivity contribution is 0.102. The second kappa shape index (κ2) is 9.61. The van der Waals surface area contributed by atoms with Crippen LogP contribution in [0.25, 0.3) is 11.3 Å². The number of benzene rings is 1. The van der Waals surface area contributed by atoms with Crippen molar-refractivity contribution in [2.75, 3.05) is 17.2 Å². The minimum absolute atomic E-state index is 0.142. The molecule has 0 spiro atoms. The van der Waals surface area contributed by atoms with Gasteiger partial charge in [0.05, 0.1) is 23.5 Å². The first kappa shape index (κ1) is 23.6. The third kappa shape index (κ3) is 4.70. The highest BCUT2D eigenvalue weighted by Gasteiger charge is 2.17. The van der Waals surface area contributed by atoms with Gasteiger partial charge < -0.3 is 20.5 Å². The van der Waals surface area contributed by atoms with E-state index in [9.17, 15) is 9.59 Å². The van der Waals surface area contributed by atoms with Gasteiger partial charge in [-0.1, -0.05) is 12.1 Å². The zero-order valence-electron chi connectivity index (χ0n) is 20.6. The van der Waals surface area contributed by atoms with Crippen LogP contribution in [0.15, 0.2) is 47.4 Å². The molecule has 5 heterocycles. The molecule has 1 aromatic carbocycles. The second-order valence-electron chi connectivity index (χ2n) is 9.54. The lowest BCUT2D eigenvalue weighted by Gasteiger charge is -2.13. The Morgan fingerprint density at radius 2 is 1.95 bits per heavy atom. The number of fused-ring (bicyclic) bond motifs is 2. The highest BCUT2D eigenvalue weighted by molar-refractivity contribution is 7.28. The molecule has 1 unspecified atom stereocenters. The predicted octanol–water partition coefficient (Wildman–Crippen LogP) is 2.38. The van der Waals surface area contributed by atoms with E-state index in [4.69, 9.17) is 0 Å². The maximum Gasteiger partial charge on any atom is 0.290 e. The Bertz CT molecular complexity index is 1520. The van der Waals surface area contributed by atoms with Crippen molar-refractivity contribution in [2.45, 2.75) is 38.9 Å². The number of carbonyl (C=O) groups is 1. The quantitative estimate of drug-likeness (QED) is 0.352. The van der Waals surface area contributed by atoms with E-state index in [-0.39, 0.29) is 11.5 Å². The molecule has 0 saturated carbocycles. The Balaban J connectivity index is 1.27. The molecule has 2 aliphatic rings. The standard InChI is InChI=1S/C26H29N8O2P/c1-32-26(36)22(28-24-12-19-14-27-7-9-34(19)31-24)13-20(30-32)16-5-6-23(37)21(11-16)29-25(35)17-10-18-4-2-3-8-33(18)15-17/h5-6,10-13,15,27H,2-4,7-9,14,37H2,1H3,(H,28,31)(H,29,35). The monoisotopic (exact) mass is 516 g/mol. The molecule has 0 bridgehead atoms. The van der Waals surface area contributed by atoms with Gasteiger partial charge >= 0.3 is 0 Å². The largest absolute Gasteiger partial charge is 0.351 e. The average molecular weight is 517 g/mol. The second-order valence-corrected chi connectivity index (χ2v) is 10.2. The summed E-state index contributed by atoms with van der Waals surface area (Å²) in [6, 6.07) is 11.4. The maximum absolute atomic E-state index is 13.1. The van der Waals surface area contributed by atoms with Crippen LogP contribution in [0.3, 0.4) is 0 Å². The topological polar surface area (TPSA) is 111 Å². The third-order valence-electron chi connectivity index (χ3n) is 6.92. The number of nitrogens with zero attached hydrogens (tertiary/aromatic N) is 5. The molecule has 0 saturated heterocycles. The lowest BCUT2D eigenvalue weighted by Crippen LogP contribution is -2.28. The van der Waals surface area contributed by atoms with Crippen LogP contribution < -0.4 is 26.8 Å².